The van der Waals surface area contributed by atoms with Gasteiger partial charge in [0.05, 0.1) is 0 Å². The zero-order valence-electron chi connectivity index (χ0n) is 10.6. The lowest BCUT2D eigenvalue weighted by molar-refractivity contribution is 0.587. The molecule has 94 valence electrons. The fraction of sp³-hybridized carbons (Fsp3) is 0.615. The Kier molecular flexibility index (Phi) is 4.68. The average Bonchev–Trinajstić information content (AvgIpc) is 2.38. The number of pyridine rings is 1. The fourth-order valence-electron chi connectivity index (χ4n) is 1.98. The lowest BCUT2D eigenvalue weighted by Gasteiger charge is -2.30. The monoisotopic (exact) mass is 251 g/mol. The molecule has 0 unspecified atom stereocenters. The van der Waals surface area contributed by atoms with Gasteiger partial charge in [0.25, 0.3) is 0 Å². The minimum Gasteiger partial charge on any atom is -0.370 e. The van der Waals surface area contributed by atoms with Crippen molar-refractivity contribution in [1.82, 2.24) is 10.3 Å². The van der Waals surface area contributed by atoms with Gasteiger partial charge < -0.3 is 10.2 Å². The average molecular weight is 251 g/mol. The van der Waals surface area contributed by atoms with E-state index in [2.05, 4.69) is 35.1 Å². The maximum Gasteiger partial charge on any atom is 0.0443 e. The summed E-state index contributed by atoms with van der Waals surface area (Å²) in [6, 6.07) is 2.66. The molecule has 0 bridgehead atoms. The molecule has 1 aromatic rings. The normalized spacial score (nSPS) is 16.5. The molecule has 0 saturated carbocycles. The molecular formula is C13H21N3S. The SMILES string of the molecule is CC(C)NCc1cnccc1N1CCSCC1. The van der Waals surface area contributed by atoms with Crippen LogP contribution >= 0.6 is 11.8 Å². The van der Waals surface area contributed by atoms with E-state index in [1.54, 1.807) is 0 Å². The van der Waals surface area contributed by atoms with Crippen LogP contribution in [0.2, 0.25) is 0 Å². The smallest absolute Gasteiger partial charge is 0.0443 e. The molecule has 17 heavy (non-hydrogen) atoms. The van der Waals surface area contributed by atoms with Gasteiger partial charge in [-0.3, -0.25) is 4.98 Å². The summed E-state index contributed by atoms with van der Waals surface area (Å²) in [5.41, 5.74) is 2.67. The molecule has 1 aliphatic rings. The summed E-state index contributed by atoms with van der Waals surface area (Å²) in [5.74, 6) is 2.47. The molecule has 1 aromatic heterocycles. The number of hydrogen-bond donors (Lipinski definition) is 1. The molecule has 1 N–H and O–H groups in total. The van der Waals surface area contributed by atoms with Gasteiger partial charge in [-0.15, -0.1) is 0 Å². The highest BCUT2D eigenvalue weighted by Gasteiger charge is 2.14. The van der Waals surface area contributed by atoms with Gasteiger partial charge in [0.2, 0.25) is 0 Å². The van der Waals surface area contributed by atoms with Crippen LogP contribution in [0, 0.1) is 0 Å². The standard InChI is InChI=1S/C13H21N3S/c1-11(2)15-10-12-9-14-4-3-13(12)16-5-7-17-8-6-16/h3-4,9,11,15H,5-8,10H2,1-2H3. The predicted octanol–water partition coefficient (Wildman–Crippen LogP) is 2.13. The van der Waals surface area contributed by atoms with Crippen LogP contribution in [0.15, 0.2) is 18.5 Å². The first kappa shape index (κ1) is 12.7. The maximum absolute atomic E-state index is 4.25. The Labute approximate surface area is 108 Å². The first-order chi connectivity index (χ1) is 8.27. The van der Waals surface area contributed by atoms with Crippen LogP contribution in [0.1, 0.15) is 19.4 Å². The number of thioether (sulfide) groups is 1. The van der Waals surface area contributed by atoms with Crippen LogP contribution in [0.25, 0.3) is 0 Å². The third-order valence-corrected chi connectivity index (χ3v) is 3.87. The quantitative estimate of drug-likeness (QED) is 0.887. The highest BCUT2D eigenvalue weighted by atomic mass is 32.2. The summed E-state index contributed by atoms with van der Waals surface area (Å²) in [6.45, 7) is 7.57. The molecular weight excluding hydrogens is 230 g/mol. The van der Waals surface area contributed by atoms with Gasteiger partial charge >= 0.3 is 0 Å². The number of anilines is 1. The van der Waals surface area contributed by atoms with Gasteiger partial charge in [-0.2, -0.15) is 11.8 Å². The lowest BCUT2D eigenvalue weighted by atomic mass is 10.2. The van der Waals surface area contributed by atoms with Crippen molar-refractivity contribution in [3.8, 4) is 0 Å². The van der Waals surface area contributed by atoms with Crippen molar-refractivity contribution < 1.29 is 0 Å². The zero-order valence-corrected chi connectivity index (χ0v) is 11.5. The van der Waals surface area contributed by atoms with Crippen molar-refractivity contribution in [2.45, 2.75) is 26.4 Å². The van der Waals surface area contributed by atoms with Crippen molar-refractivity contribution >= 4 is 17.4 Å². The number of rotatable bonds is 4. The van der Waals surface area contributed by atoms with E-state index in [1.165, 1.54) is 22.8 Å². The molecule has 0 radical (unpaired) electrons. The van der Waals surface area contributed by atoms with Crippen LogP contribution < -0.4 is 10.2 Å². The summed E-state index contributed by atoms with van der Waals surface area (Å²) in [4.78, 5) is 6.73. The van der Waals surface area contributed by atoms with E-state index in [0.29, 0.717) is 6.04 Å². The van der Waals surface area contributed by atoms with Crippen molar-refractivity contribution in [3.05, 3.63) is 24.0 Å². The van der Waals surface area contributed by atoms with Gasteiger partial charge in [-0.25, -0.2) is 0 Å². The topological polar surface area (TPSA) is 28.2 Å². The Bertz CT molecular complexity index is 348. The number of hydrogen-bond acceptors (Lipinski definition) is 4. The second-order valence-electron chi connectivity index (χ2n) is 4.64. The van der Waals surface area contributed by atoms with Gasteiger partial charge in [-0.05, 0) is 6.07 Å². The summed E-state index contributed by atoms with van der Waals surface area (Å²) in [5, 5.41) is 3.47. The van der Waals surface area contributed by atoms with Crippen LogP contribution in [0.4, 0.5) is 5.69 Å². The molecule has 3 nitrogen and oxygen atoms in total. The first-order valence-electron chi connectivity index (χ1n) is 6.26. The first-order valence-corrected chi connectivity index (χ1v) is 7.42. The highest BCUT2D eigenvalue weighted by Crippen LogP contribution is 2.22. The van der Waals surface area contributed by atoms with Crippen LogP contribution in [0.3, 0.4) is 0 Å². The molecule has 1 fully saturated rings. The molecule has 0 aliphatic carbocycles. The van der Waals surface area contributed by atoms with Gasteiger partial charge in [-0.1, -0.05) is 13.8 Å². The zero-order chi connectivity index (χ0) is 12.1. The van der Waals surface area contributed by atoms with E-state index in [1.807, 2.05) is 24.2 Å². The van der Waals surface area contributed by atoms with Crippen molar-refractivity contribution in [2.24, 2.45) is 0 Å². The molecule has 1 saturated heterocycles. The summed E-state index contributed by atoms with van der Waals surface area (Å²) >= 11 is 2.04. The van der Waals surface area contributed by atoms with Crippen molar-refractivity contribution in [2.75, 3.05) is 29.5 Å². The van der Waals surface area contributed by atoms with E-state index in [9.17, 15) is 0 Å². The minimum absolute atomic E-state index is 0.514. The molecule has 2 rings (SSSR count). The van der Waals surface area contributed by atoms with Gasteiger partial charge in [0, 0.05) is 60.8 Å². The largest absolute Gasteiger partial charge is 0.370 e. The van der Waals surface area contributed by atoms with Crippen LogP contribution in [-0.2, 0) is 6.54 Å². The van der Waals surface area contributed by atoms with Gasteiger partial charge in [0.1, 0.15) is 0 Å². The lowest BCUT2D eigenvalue weighted by Crippen LogP contribution is -2.34. The summed E-state index contributed by atoms with van der Waals surface area (Å²) < 4.78 is 0. The number of nitrogens with one attached hydrogen (secondary N) is 1. The van der Waals surface area contributed by atoms with Crippen molar-refractivity contribution in [3.63, 3.8) is 0 Å². The Morgan fingerprint density at radius 3 is 2.88 bits per heavy atom. The Balaban J connectivity index is 2.09. The Hall–Kier alpha value is -0.740. The van der Waals surface area contributed by atoms with E-state index < -0.39 is 0 Å². The van der Waals surface area contributed by atoms with E-state index in [-0.39, 0.29) is 0 Å². The fourth-order valence-corrected chi connectivity index (χ4v) is 2.89. The third kappa shape index (κ3) is 3.61. The van der Waals surface area contributed by atoms with E-state index in [0.717, 1.165) is 19.6 Å². The summed E-state index contributed by atoms with van der Waals surface area (Å²) in [6.07, 6.45) is 3.89. The van der Waals surface area contributed by atoms with Crippen LogP contribution in [-0.4, -0.2) is 35.6 Å². The van der Waals surface area contributed by atoms with E-state index >= 15 is 0 Å². The molecule has 0 amide bonds. The molecule has 0 aromatic carbocycles. The molecule has 0 atom stereocenters. The second kappa shape index (κ2) is 6.26. The van der Waals surface area contributed by atoms with Crippen LogP contribution in [0.5, 0.6) is 0 Å². The maximum atomic E-state index is 4.25. The molecule has 1 aliphatic heterocycles. The Morgan fingerprint density at radius 2 is 2.18 bits per heavy atom. The summed E-state index contributed by atoms with van der Waals surface area (Å²) in [7, 11) is 0. The molecule has 4 heteroatoms. The van der Waals surface area contributed by atoms with E-state index in [4.69, 9.17) is 0 Å². The number of aromatic nitrogens is 1. The Morgan fingerprint density at radius 1 is 1.41 bits per heavy atom. The number of nitrogens with zero attached hydrogens (tertiary/aromatic N) is 2. The molecule has 2 heterocycles. The van der Waals surface area contributed by atoms with Gasteiger partial charge in [0.15, 0.2) is 0 Å². The third-order valence-electron chi connectivity index (χ3n) is 2.93. The highest BCUT2D eigenvalue weighted by molar-refractivity contribution is 7.99. The molecule has 0 spiro atoms. The minimum atomic E-state index is 0.514. The predicted molar refractivity (Wildman–Crippen MR) is 75.8 cm³/mol. The second-order valence-corrected chi connectivity index (χ2v) is 5.86. The van der Waals surface area contributed by atoms with Crippen molar-refractivity contribution in [1.29, 1.82) is 0 Å².